The van der Waals surface area contributed by atoms with Crippen molar-refractivity contribution in [3.63, 3.8) is 0 Å². The summed E-state index contributed by atoms with van der Waals surface area (Å²) in [6.07, 6.45) is 6.38. The topological polar surface area (TPSA) is 74.7 Å². The summed E-state index contributed by atoms with van der Waals surface area (Å²) < 4.78 is 1.80. The van der Waals surface area contributed by atoms with E-state index in [1.807, 2.05) is 73.8 Å². The van der Waals surface area contributed by atoms with E-state index in [2.05, 4.69) is 4.98 Å². The van der Waals surface area contributed by atoms with E-state index >= 15 is 0 Å². The van der Waals surface area contributed by atoms with Crippen LogP contribution in [0.5, 0.6) is 0 Å². The van der Waals surface area contributed by atoms with E-state index < -0.39 is 5.60 Å². The van der Waals surface area contributed by atoms with Gasteiger partial charge in [0.05, 0.1) is 35.5 Å². The molecule has 0 saturated carbocycles. The predicted molar refractivity (Wildman–Crippen MR) is 144 cm³/mol. The number of halogens is 2. The molecule has 5 rings (SSSR count). The van der Waals surface area contributed by atoms with Gasteiger partial charge in [0, 0.05) is 28.6 Å². The Labute approximate surface area is 218 Å². The summed E-state index contributed by atoms with van der Waals surface area (Å²) in [6.45, 7) is 0. The third kappa shape index (κ3) is 4.27. The van der Waals surface area contributed by atoms with E-state index in [4.69, 9.17) is 33.4 Å². The van der Waals surface area contributed by atoms with E-state index in [-0.39, 0.29) is 0 Å². The second-order valence-corrected chi connectivity index (χ2v) is 9.28. The number of allylic oxidation sites excluding steroid dienone is 1. The monoisotopic (exact) mass is 510 g/mol. The number of hydrogen-bond donors (Lipinski definition) is 1. The van der Waals surface area contributed by atoms with Crippen molar-refractivity contribution in [3.05, 3.63) is 124 Å². The second-order valence-electron chi connectivity index (χ2n) is 8.41. The molecule has 0 amide bonds. The van der Waals surface area contributed by atoms with Crippen LogP contribution in [-0.4, -0.2) is 19.6 Å². The highest BCUT2D eigenvalue weighted by Crippen LogP contribution is 2.40. The lowest BCUT2D eigenvalue weighted by Gasteiger charge is -2.30. The van der Waals surface area contributed by atoms with E-state index in [0.717, 1.165) is 22.0 Å². The Hall–Kier alpha value is -3.95. The summed E-state index contributed by atoms with van der Waals surface area (Å²) in [4.78, 5) is 8.97. The van der Waals surface area contributed by atoms with Crippen LogP contribution in [0.4, 0.5) is 0 Å². The minimum absolute atomic E-state index is 0.579. The first-order valence-corrected chi connectivity index (χ1v) is 11.9. The quantitative estimate of drug-likeness (QED) is 0.265. The molecular formula is C29H20Cl2N4O. The average molecular weight is 511 g/mol. The molecule has 5 aromatic rings. The summed E-state index contributed by atoms with van der Waals surface area (Å²) in [5, 5.41) is 23.3. The maximum Gasteiger partial charge on any atom is 0.156 e. The van der Waals surface area contributed by atoms with Crippen molar-refractivity contribution >= 4 is 40.2 Å². The number of imidazole rings is 1. The van der Waals surface area contributed by atoms with Crippen LogP contribution in [0.25, 0.3) is 28.1 Å². The van der Waals surface area contributed by atoms with Gasteiger partial charge in [0.15, 0.2) is 5.60 Å². The number of fused-ring (bicyclic) bond motifs is 1. The van der Waals surface area contributed by atoms with Crippen molar-refractivity contribution in [3.8, 4) is 17.2 Å². The van der Waals surface area contributed by atoms with Gasteiger partial charge in [-0.1, -0.05) is 53.5 Å². The Bertz CT molecular complexity index is 1650. The first-order chi connectivity index (χ1) is 17.4. The lowest BCUT2D eigenvalue weighted by molar-refractivity contribution is 0.117. The van der Waals surface area contributed by atoms with Gasteiger partial charge in [-0.05, 0) is 70.8 Å². The number of pyridine rings is 1. The van der Waals surface area contributed by atoms with Crippen molar-refractivity contribution < 1.29 is 5.11 Å². The van der Waals surface area contributed by atoms with Gasteiger partial charge in [0.1, 0.15) is 0 Å². The maximum atomic E-state index is 12.3. The Morgan fingerprint density at radius 2 is 1.75 bits per heavy atom. The van der Waals surface area contributed by atoms with Crippen molar-refractivity contribution in [2.75, 3.05) is 0 Å². The number of aromatic nitrogens is 3. The molecule has 0 fully saturated rings. The molecule has 1 unspecified atom stereocenters. The van der Waals surface area contributed by atoms with Crippen molar-refractivity contribution in [1.29, 1.82) is 5.26 Å². The highest BCUT2D eigenvalue weighted by Gasteiger charge is 2.37. The van der Waals surface area contributed by atoms with Gasteiger partial charge in [-0.2, -0.15) is 5.26 Å². The number of hydrogen-bond acceptors (Lipinski definition) is 4. The molecule has 0 aliphatic carbocycles. The van der Waals surface area contributed by atoms with E-state index in [0.29, 0.717) is 32.6 Å². The molecule has 2 heterocycles. The van der Waals surface area contributed by atoms with Gasteiger partial charge in [0.25, 0.3) is 0 Å². The highest BCUT2D eigenvalue weighted by molar-refractivity contribution is 6.31. The number of nitrogens with zero attached hydrogens (tertiary/aromatic N) is 4. The summed E-state index contributed by atoms with van der Waals surface area (Å²) in [5.41, 5.74) is 3.54. The van der Waals surface area contributed by atoms with Crippen molar-refractivity contribution in [2.24, 2.45) is 7.05 Å². The molecule has 36 heavy (non-hydrogen) atoms. The molecule has 5 nitrogen and oxygen atoms in total. The summed E-state index contributed by atoms with van der Waals surface area (Å²) in [7, 11) is 1.84. The van der Waals surface area contributed by atoms with E-state index in [1.54, 1.807) is 35.3 Å². The zero-order valence-corrected chi connectivity index (χ0v) is 20.7. The van der Waals surface area contributed by atoms with Gasteiger partial charge >= 0.3 is 0 Å². The fourth-order valence-corrected chi connectivity index (χ4v) is 4.75. The SMILES string of the molecule is Cn1cncc1C(O)(c1ccc(Cl)cc1)c1ccc2nc(C=CC#N)cc(-c3cccc(Cl)c3)c2c1. The molecule has 2 aromatic heterocycles. The van der Waals surface area contributed by atoms with Crippen molar-refractivity contribution in [1.82, 2.24) is 14.5 Å². The second kappa shape index (κ2) is 9.60. The van der Waals surface area contributed by atoms with Crippen molar-refractivity contribution in [2.45, 2.75) is 5.60 Å². The molecule has 176 valence electrons. The fraction of sp³-hybridized carbons (Fsp3) is 0.0690. The first kappa shape index (κ1) is 23.8. The minimum Gasteiger partial charge on any atom is -0.374 e. The number of nitriles is 1. The van der Waals surface area contributed by atoms with Gasteiger partial charge in [-0.25, -0.2) is 9.97 Å². The lowest BCUT2D eigenvalue weighted by atomic mass is 9.82. The maximum absolute atomic E-state index is 12.3. The number of rotatable bonds is 5. The first-order valence-electron chi connectivity index (χ1n) is 11.1. The molecule has 0 saturated heterocycles. The molecule has 0 radical (unpaired) electrons. The smallest absolute Gasteiger partial charge is 0.156 e. The molecule has 0 bridgehead atoms. The minimum atomic E-state index is -1.50. The van der Waals surface area contributed by atoms with Crippen LogP contribution >= 0.6 is 23.2 Å². The molecule has 7 heteroatoms. The van der Waals surface area contributed by atoms with Crippen LogP contribution in [0.1, 0.15) is 22.5 Å². The molecular weight excluding hydrogens is 491 g/mol. The molecule has 3 aromatic carbocycles. The summed E-state index contributed by atoms with van der Waals surface area (Å²) in [6, 6.07) is 24.3. The van der Waals surface area contributed by atoms with Crippen LogP contribution < -0.4 is 0 Å². The Kier molecular flexibility index (Phi) is 6.34. The lowest BCUT2D eigenvalue weighted by Crippen LogP contribution is -2.31. The Morgan fingerprint density at radius 3 is 2.44 bits per heavy atom. The molecule has 0 spiro atoms. The van der Waals surface area contributed by atoms with Gasteiger partial charge < -0.3 is 9.67 Å². The van der Waals surface area contributed by atoms with E-state index in [9.17, 15) is 5.11 Å². The zero-order valence-electron chi connectivity index (χ0n) is 19.2. The number of benzene rings is 3. The number of aryl methyl sites for hydroxylation is 1. The van der Waals surface area contributed by atoms with Crippen LogP contribution in [0.2, 0.25) is 10.0 Å². The molecule has 0 aliphatic heterocycles. The van der Waals surface area contributed by atoms with Crippen LogP contribution in [0.3, 0.4) is 0 Å². The van der Waals surface area contributed by atoms with Crippen LogP contribution in [0, 0.1) is 11.3 Å². The van der Waals surface area contributed by atoms with Gasteiger partial charge in [-0.3, -0.25) is 0 Å². The molecule has 0 aliphatic rings. The Morgan fingerprint density at radius 1 is 0.972 bits per heavy atom. The van der Waals surface area contributed by atoms with Crippen LogP contribution in [-0.2, 0) is 12.6 Å². The highest BCUT2D eigenvalue weighted by atomic mass is 35.5. The zero-order chi connectivity index (χ0) is 25.3. The predicted octanol–water partition coefficient (Wildman–Crippen LogP) is 6.76. The average Bonchev–Trinajstić information content (AvgIpc) is 3.33. The molecule has 1 atom stereocenters. The third-order valence-electron chi connectivity index (χ3n) is 6.16. The third-order valence-corrected chi connectivity index (χ3v) is 6.65. The normalized spacial score (nSPS) is 13.1. The number of aliphatic hydroxyl groups is 1. The fourth-order valence-electron chi connectivity index (χ4n) is 4.43. The summed E-state index contributed by atoms with van der Waals surface area (Å²) >= 11 is 12.5. The van der Waals surface area contributed by atoms with E-state index in [1.165, 1.54) is 6.08 Å². The van der Waals surface area contributed by atoms with Gasteiger partial charge in [0.2, 0.25) is 0 Å². The standard InChI is InChI=1S/C29H20Cl2N4O/c1-35-18-33-17-28(35)29(36,20-7-10-22(30)11-8-20)21-9-12-27-26(15-21)25(16-24(34-27)6-3-13-32)19-4-2-5-23(31)14-19/h2-12,14-18,36H,1H3. The largest absolute Gasteiger partial charge is 0.374 e. The summed E-state index contributed by atoms with van der Waals surface area (Å²) in [5.74, 6) is 0. The van der Waals surface area contributed by atoms with Crippen LogP contribution in [0.15, 0.2) is 91.4 Å². The molecule has 1 N–H and O–H groups in total. The van der Waals surface area contributed by atoms with Gasteiger partial charge in [-0.15, -0.1) is 0 Å². The Balaban J connectivity index is 1.80.